The number of hydrogen-bond acceptors (Lipinski definition) is 5. The van der Waals surface area contributed by atoms with Gasteiger partial charge in [0.2, 0.25) is 0 Å². The van der Waals surface area contributed by atoms with Gasteiger partial charge in [0.15, 0.2) is 5.54 Å². The number of nitrogens with one attached hydrogen (secondary N) is 1. The molecule has 0 heterocycles. The topological polar surface area (TPSA) is 56.8 Å². The summed E-state index contributed by atoms with van der Waals surface area (Å²) in [6, 6.07) is 7.35. The van der Waals surface area contributed by atoms with Gasteiger partial charge in [0.1, 0.15) is 5.75 Å². The molecule has 1 aromatic carbocycles. The summed E-state index contributed by atoms with van der Waals surface area (Å²) in [5.41, 5.74) is -0.163. The first-order valence-corrected chi connectivity index (χ1v) is 6.14. The Morgan fingerprint density at radius 3 is 2.68 bits per heavy atom. The van der Waals surface area contributed by atoms with E-state index in [-0.39, 0.29) is 12.6 Å². The predicted molar refractivity (Wildman–Crippen MR) is 73.5 cm³/mol. The molecule has 0 saturated heterocycles. The molecule has 0 radical (unpaired) electrons. The summed E-state index contributed by atoms with van der Waals surface area (Å²) in [4.78, 5) is 12.0. The molecule has 5 heteroatoms. The maximum atomic E-state index is 12.0. The van der Waals surface area contributed by atoms with Crippen LogP contribution in [0.4, 0.5) is 5.69 Å². The third kappa shape index (κ3) is 4.13. The Hall–Kier alpha value is -1.75. The average molecular weight is 267 g/mol. The van der Waals surface area contributed by atoms with Crippen molar-refractivity contribution in [3.8, 4) is 5.75 Å². The van der Waals surface area contributed by atoms with Crippen LogP contribution in [0.3, 0.4) is 0 Å². The second-order valence-corrected chi connectivity index (χ2v) is 4.34. The molecule has 1 aromatic rings. The van der Waals surface area contributed by atoms with Crippen LogP contribution < -0.4 is 10.1 Å². The van der Waals surface area contributed by atoms with Gasteiger partial charge in [-0.25, -0.2) is 4.79 Å². The molecule has 1 unspecified atom stereocenters. The summed E-state index contributed by atoms with van der Waals surface area (Å²) in [6.45, 7) is 4.06. The Balaban J connectivity index is 2.90. The number of hydrogen-bond donors (Lipinski definition) is 1. The number of carbonyl (C=O) groups excluding carboxylic acids is 1. The monoisotopic (exact) mass is 267 g/mol. The van der Waals surface area contributed by atoms with E-state index in [4.69, 9.17) is 14.2 Å². The molecule has 0 aromatic heterocycles. The number of carbonyl (C=O) groups is 1. The first-order valence-electron chi connectivity index (χ1n) is 6.14. The molecule has 0 aliphatic rings. The first kappa shape index (κ1) is 15.3. The zero-order valence-corrected chi connectivity index (χ0v) is 11.9. The number of ether oxygens (including phenoxy) is 3. The zero-order valence-electron chi connectivity index (χ0n) is 11.9. The summed E-state index contributed by atoms with van der Waals surface area (Å²) in [5, 5.41) is 3.14. The van der Waals surface area contributed by atoms with Crippen molar-refractivity contribution in [2.45, 2.75) is 19.4 Å². The highest BCUT2D eigenvalue weighted by atomic mass is 16.5. The summed E-state index contributed by atoms with van der Waals surface area (Å²) in [7, 11) is 3.14. The van der Waals surface area contributed by atoms with Gasteiger partial charge in [-0.3, -0.25) is 0 Å². The Kier molecular flexibility index (Phi) is 5.63. The molecule has 0 aliphatic heterocycles. The van der Waals surface area contributed by atoms with E-state index in [0.717, 1.165) is 5.69 Å². The molecule has 1 rings (SSSR count). The lowest BCUT2D eigenvalue weighted by atomic mass is 10.0. The van der Waals surface area contributed by atoms with E-state index in [1.165, 1.54) is 0 Å². The largest absolute Gasteiger partial charge is 0.497 e. The molecule has 19 heavy (non-hydrogen) atoms. The Morgan fingerprint density at radius 1 is 1.37 bits per heavy atom. The second kappa shape index (κ2) is 6.99. The van der Waals surface area contributed by atoms with E-state index >= 15 is 0 Å². The Morgan fingerprint density at radius 2 is 2.11 bits per heavy atom. The molecular formula is C14H21NO4. The lowest BCUT2D eigenvalue weighted by molar-refractivity contribution is -0.149. The smallest absolute Gasteiger partial charge is 0.333 e. The van der Waals surface area contributed by atoms with Crippen molar-refractivity contribution in [1.82, 2.24) is 0 Å². The van der Waals surface area contributed by atoms with Crippen molar-refractivity contribution in [3.05, 3.63) is 24.3 Å². The van der Waals surface area contributed by atoms with Crippen molar-refractivity contribution >= 4 is 11.7 Å². The van der Waals surface area contributed by atoms with Gasteiger partial charge in [-0.05, 0) is 26.0 Å². The van der Waals surface area contributed by atoms with Crippen molar-refractivity contribution in [1.29, 1.82) is 0 Å². The van der Waals surface area contributed by atoms with Crippen LogP contribution in [0.5, 0.6) is 5.75 Å². The number of anilines is 1. The van der Waals surface area contributed by atoms with Crippen LogP contribution in [0.2, 0.25) is 0 Å². The third-order valence-corrected chi connectivity index (χ3v) is 2.65. The van der Waals surface area contributed by atoms with Gasteiger partial charge >= 0.3 is 5.97 Å². The van der Waals surface area contributed by atoms with Gasteiger partial charge in [0.05, 0.1) is 20.3 Å². The van der Waals surface area contributed by atoms with Gasteiger partial charge in [0.25, 0.3) is 0 Å². The molecule has 5 nitrogen and oxygen atoms in total. The van der Waals surface area contributed by atoms with Crippen molar-refractivity contribution in [2.24, 2.45) is 0 Å². The molecule has 0 saturated carbocycles. The van der Waals surface area contributed by atoms with Gasteiger partial charge < -0.3 is 19.5 Å². The first-order chi connectivity index (χ1) is 9.05. The SMILES string of the molecule is CCOC(=O)C(C)(COC)Nc1cccc(OC)c1. The van der Waals surface area contributed by atoms with E-state index < -0.39 is 5.54 Å². The maximum absolute atomic E-state index is 12.0. The fourth-order valence-corrected chi connectivity index (χ4v) is 1.74. The van der Waals surface area contributed by atoms with Crippen LogP contribution >= 0.6 is 0 Å². The molecule has 0 amide bonds. The second-order valence-electron chi connectivity index (χ2n) is 4.34. The summed E-state index contributed by atoms with van der Waals surface area (Å²) in [6.07, 6.45) is 0. The molecule has 0 spiro atoms. The van der Waals surface area contributed by atoms with Crippen LogP contribution in [-0.4, -0.2) is 38.9 Å². The van der Waals surface area contributed by atoms with E-state index in [9.17, 15) is 4.79 Å². The highest BCUT2D eigenvalue weighted by Gasteiger charge is 2.35. The van der Waals surface area contributed by atoms with E-state index in [1.54, 1.807) is 28.1 Å². The maximum Gasteiger partial charge on any atom is 0.333 e. The van der Waals surface area contributed by atoms with Gasteiger partial charge in [0, 0.05) is 18.9 Å². The zero-order chi connectivity index (χ0) is 14.3. The van der Waals surface area contributed by atoms with Crippen LogP contribution in [0.25, 0.3) is 0 Å². The van der Waals surface area contributed by atoms with E-state index in [2.05, 4.69) is 5.32 Å². The molecule has 0 fully saturated rings. The number of esters is 1. The molecule has 1 N–H and O–H groups in total. The van der Waals surface area contributed by atoms with Crippen LogP contribution in [0, 0.1) is 0 Å². The van der Waals surface area contributed by atoms with E-state index in [0.29, 0.717) is 12.4 Å². The highest BCUT2D eigenvalue weighted by molar-refractivity contribution is 5.84. The van der Waals surface area contributed by atoms with Crippen molar-refractivity contribution in [3.63, 3.8) is 0 Å². The van der Waals surface area contributed by atoms with Crippen molar-refractivity contribution < 1.29 is 19.0 Å². The summed E-state index contributed by atoms with van der Waals surface area (Å²) in [5.74, 6) is 0.369. The molecule has 0 aliphatic carbocycles. The van der Waals surface area contributed by atoms with Crippen LogP contribution in [-0.2, 0) is 14.3 Å². The van der Waals surface area contributed by atoms with E-state index in [1.807, 2.05) is 24.3 Å². The number of methoxy groups -OCH3 is 2. The summed E-state index contributed by atoms with van der Waals surface area (Å²) >= 11 is 0. The quantitative estimate of drug-likeness (QED) is 0.766. The van der Waals surface area contributed by atoms with Gasteiger partial charge in [-0.15, -0.1) is 0 Å². The average Bonchev–Trinajstić information content (AvgIpc) is 2.39. The van der Waals surface area contributed by atoms with Crippen LogP contribution in [0.1, 0.15) is 13.8 Å². The third-order valence-electron chi connectivity index (χ3n) is 2.65. The minimum absolute atomic E-state index is 0.211. The minimum Gasteiger partial charge on any atom is -0.497 e. The fourth-order valence-electron chi connectivity index (χ4n) is 1.74. The Labute approximate surface area is 113 Å². The summed E-state index contributed by atoms with van der Waals surface area (Å²) < 4.78 is 15.3. The Bertz CT molecular complexity index is 422. The van der Waals surface area contributed by atoms with Crippen LogP contribution in [0.15, 0.2) is 24.3 Å². The highest BCUT2D eigenvalue weighted by Crippen LogP contribution is 2.22. The van der Waals surface area contributed by atoms with Gasteiger partial charge in [-0.1, -0.05) is 6.07 Å². The number of benzene rings is 1. The molecule has 1 atom stereocenters. The normalized spacial score (nSPS) is 13.5. The fraction of sp³-hybridized carbons (Fsp3) is 0.500. The lowest BCUT2D eigenvalue weighted by Crippen LogP contribution is -2.48. The minimum atomic E-state index is -0.933. The van der Waals surface area contributed by atoms with Crippen molar-refractivity contribution in [2.75, 3.05) is 32.8 Å². The molecule has 106 valence electrons. The standard InChI is InChI=1S/C14H21NO4/c1-5-19-13(16)14(2,10-17-3)15-11-7-6-8-12(9-11)18-4/h6-9,15H,5,10H2,1-4H3. The number of rotatable bonds is 7. The lowest BCUT2D eigenvalue weighted by Gasteiger charge is -2.28. The van der Waals surface area contributed by atoms with Gasteiger partial charge in [-0.2, -0.15) is 0 Å². The molecular weight excluding hydrogens is 246 g/mol. The molecule has 0 bridgehead atoms. The predicted octanol–water partition coefficient (Wildman–Crippen LogP) is 2.08.